The maximum absolute atomic E-state index is 12.4. The summed E-state index contributed by atoms with van der Waals surface area (Å²) in [5.41, 5.74) is 7.40. The minimum absolute atomic E-state index is 0.0849. The lowest BCUT2D eigenvalue weighted by Gasteiger charge is -2.21. The molecular weight excluding hydrogens is 270 g/mol. The largest absolute Gasteiger partial charge is 0.399 e. The Morgan fingerprint density at radius 3 is 2.85 bits per heavy atom. The quantitative estimate of drug-likeness (QED) is 0.880. The molecule has 0 saturated carbocycles. The smallest absolute Gasteiger partial charge is 0.229 e. The van der Waals surface area contributed by atoms with Crippen LogP contribution in [-0.2, 0) is 11.3 Å². The molecule has 0 saturated heterocycles. The van der Waals surface area contributed by atoms with E-state index in [1.54, 1.807) is 16.2 Å². The molecule has 1 amide bonds. The van der Waals surface area contributed by atoms with Crippen LogP contribution in [0, 0.1) is 6.92 Å². The van der Waals surface area contributed by atoms with Crippen LogP contribution in [-0.4, -0.2) is 22.8 Å². The molecule has 2 aromatic rings. The fraction of sp³-hybridized carbons (Fsp3) is 0.333. The topological polar surface area (TPSA) is 59.2 Å². The predicted molar refractivity (Wildman–Crippen MR) is 82.6 cm³/mol. The molecule has 0 aliphatic carbocycles. The van der Waals surface area contributed by atoms with Crippen molar-refractivity contribution in [2.45, 2.75) is 26.3 Å². The Morgan fingerprint density at radius 2 is 2.25 bits per heavy atom. The van der Waals surface area contributed by atoms with Crippen LogP contribution in [0.3, 0.4) is 0 Å². The number of nitrogens with zero attached hydrogens (tertiary/aromatic N) is 2. The molecule has 2 N–H and O–H groups in total. The number of carbonyl (C=O) groups is 1. The second kappa shape index (κ2) is 6.05. The van der Waals surface area contributed by atoms with Crippen molar-refractivity contribution in [1.29, 1.82) is 0 Å². The monoisotopic (exact) mass is 289 g/mol. The van der Waals surface area contributed by atoms with Crippen molar-refractivity contribution < 1.29 is 4.79 Å². The Balaban J connectivity index is 2.06. The van der Waals surface area contributed by atoms with Crippen LogP contribution in [0.1, 0.15) is 28.3 Å². The summed E-state index contributed by atoms with van der Waals surface area (Å²) in [7, 11) is 1.82. The molecule has 20 heavy (non-hydrogen) atoms. The van der Waals surface area contributed by atoms with Gasteiger partial charge in [-0.15, -0.1) is 11.3 Å². The SMILES string of the molecule is Cc1ncc(CN(C)C(=O)C(C)c2cccc(N)c2)s1. The van der Waals surface area contributed by atoms with E-state index in [1.165, 1.54) is 0 Å². The molecule has 0 radical (unpaired) electrons. The normalized spacial score (nSPS) is 12.2. The molecule has 0 aliphatic heterocycles. The molecule has 0 fully saturated rings. The molecule has 1 aromatic carbocycles. The number of benzene rings is 1. The van der Waals surface area contributed by atoms with Gasteiger partial charge in [-0.05, 0) is 31.5 Å². The van der Waals surface area contributed by atoms with Crippen molar-refractivity contribution >= 4 is 22.9 Å². The molecule has 106 valence electrons. The summed E-state index contributed by atoms with van der Waals surface area (Å²) in [4.78, 5) is 19.5. The summed E-state index contributed by atoms with van der Waals surface area (Å²) in [6.45, 7) is 4.47. The number of thiazole rings is 1. The fourth-order valence-electron chi connectivity index (χ4n) is 2.09. The minimum Gasteiger partial charge on any atom is -0.399 e. The summed E-state index contributed by atoms with van der Waals surface area (Å²) < 4.78 is 0. The van der Waals surface area contributed by atoms with Gasteiger partial charge in [0, 0.05) is 23.8 Å². The van der Waals surface area contributed by atoms with Gasteiger partial charge in [0.25, 0.3) is 0 Å². The van der Waals surface area contributed by atoms with E-state index in [9.17, 15) is 4.79 Å². The number of amides is 1. The second-order valence-electron chi connectivity index (χ2n) is 4.93. The second-order valence-corrected chi connectivity index (χ2v) is 6.25. The number of nitrogens with two attached hydrogens (primary N) is 1. The highest BCUT2D eigenvalue weighted by atomic mass is 32.1. The van der Waals surface area contributed by atoms with Gasteiger partial charge in [-0.25, -0.2) is 4.98 Å². The van der Waals surface area contributed by atoms with Gasteiger partial charge in [0.15, 0.2) is 0 Å². The lowest BCUT2D eigenvalue weighted by Crippen LogP contribution is -2.29. The van der Waals surface area contributed by atoms with E-state index in [4.69, 9.17) is 5.73 Å². The standard InChI is InChI=1S/C15H19N3OS/c1-10(12-5-4-6-13(16)7-12)15(19)18(3)9-14-8-17-11(2)20-14/h4-8,10H,9,16H2,1-3H3. The molecule has 1 atom stereocenters. The van der Waals surface area contributed by atoms with Crippen LogP contribution in [0.5, 0.6) is 0 Å². The number of rotatable bonds is 4. The molecule has 1 heterocycles. The van der Waals surface area contributed by atoms with Crippen LogP contribution in [0.4, 0.5) is 5.69 Å². The first-order chi connectivity index (χ1) is 9.47. The zero-order chi connectivity index (χ0) is 14.7. The maximum atomic E-state index is 12.4. The van der Waals surface area contributed by atoms with E-state index in [0.717, 1.165) is 15.4 Å². The molecule has 1 unspecified atom stereocenters. The van der Waals surface area contributed by atoms with E-state index in [2.05, 4.69) is 4.98 Å². The predicted octanol–water partition coefficient (Wildman–Crippen LogP) is 2.80. The van der Waals surface area contributed by atoms with Crippen molar-refractivity contribution in [1.82, 2.24) is 9.88 Å². The van der Waals surface area contributed by atoms with Crippen LogP contribution in [0.15, 0.2) is 30.5 Å². The van der Waals surface area contributed by atoms with Crippen molar-refractivity contribution in [3.05, 3.63) is 45.9 Å². The zero-order valence-electron chi connectivity index (χ0n) is 12.0. The average molecular weight is 289 g/mol. The summed E-state index contributed by atoms with van der Waals surface area (Å²) in [6, 6.07) is 7.49. The number of aromatic nitrogens is 1. The molecule has 5 heteroatoms. The number of anilines is 1. The summed E-state index contributed by atoms with van der Waals surface area (Å²) in [5.74, 6) is -0.112. The third kappa shape index (κ3) is 3.36. The highest BCUT2D eigenvalue weighted by Crippen LogP contribution is 2.21. The van der Waals surface area contributed by atoms with E-state index < -0.39 is 0 Å². The highest BCUT2D eigenvalue weighted by Gasteiger charge is 2.20. The van der Waals surface area contributed by atoms with Crippen molar-refractivity contribution in [2.24, 2.45) is 0 Å². The number of hydrogen-bond donors (Lipinski definition) is 1. The van der Waals surface area contributed by atoms with Gasteiger partial charge < -0.3 is 10.6 Å². The number of likely N-dealkylation sites (N-methyl/N-ethyl adjacent to an activating group) is 1. The average Bonchev–Trinajstić information content (AvgIpc) is 2.82. The molecule has 0 bridgehead atoms. The molecule has 0 aliphatic rings. The van der Waals surface area contributed by atoms with Crippen molar-refractivity contribution in [3.63, 3.8) is 0 Å². The Morgan fingerprint density at radius 1 is 1.50 bits per heavy atom. The lowest BCUT2D eigenvalue weighted by molar-refractivity contribution is -0.131. The van der Waals surface area contributed by atoms with Crippen LogP contribution in [0.2, 0.25) is 0 Å². The Hall–Kier alpha value is -1.88. The van der Waals surface area contributed by atoms with Crippen molar-refractivity contribution in [2.75, 3.05) is 12.8 Å². The number of nitrogen functional groups attached to an aromatic ring is 1. The third-order valence-electron chi connectivity index (χ3n) is 3.22. The Labute approximate surface area is 123 Å². The third-order valence-corrected chi connectivity index (χ3v) is 4.12. The van der Waals surface area contributed by atoms with Gasteiger partial charge >= 0.3 is 0 Å². The highest BCUT2D eigenvalue weighted by molar-refractivity contribution is 7.11. The number of carbonyl (C=O) groups excluding carboxylic acids is 1. The van der Waals surface area contributed by atoms with Gasteiger partial charge in [0.1, 0.15) is 0 Å². The van der Waals surface area contributed by atoms with Gasteiger partial charge in [-0.1, -0.05) is 12.1 Å². The van der Waals surface area contributed by atoms with E-state index in [0.29, 0.717) is 12.2 Å². The first kappa shape index (κ1) is 14.5. The van der Waals surface area contributed by atoms with Gasteiger partial charge in [0.2, 0.25) is 5.91 Å². The Bertz CT molecular complexity index is 609. The van der Waals surface area contributed by atoms with Gasteiger partial charge in [-0.3, -0.25) is 4.79 Å². The van der Waals surface area contributed by atoms with Crippen LogP contribution >= 0.6 is 11.3 Å². The summed E-state index contributed by atoms with van der Waals surface area (Å²) in [5, 5.41) is 1.02. The van der Waals surface area contributed by atoms with Gasteiger partial charge in [-0.2, -0.15) is 0 Å². The van der Waals surface area contributed by atoms with Gasteiger partial charge in [0.05, 0.1) is 17.5 Å². The Kier molecular flexibility index (Phi) is 4.39. The molecule has 4 nitrogen and oxygen atoms in total. The van der Waals surface area contributed by atoms with E-state index in [-0.39, 0.29) is 11.8 Å². The number of hydrogen-bond acceptors (Lipinski definition) is 4. The number of aryl methyl sites for hydroxylation is 1. The van der Waals surface area contributed by atoms with Crippen LogP contribution < -0.4 is 5.73 Å². The molecule has 1 aromatic heterocycles. The first-order valence-corrected chi connectivity index (χ1v) is 7.30. The van der Waals surface area contributed by atoms with Crippen molar-refractivity contribution in [3.8, 4) is 0 Å². The molecule has 0 spiro atoms. The van der Waals surface area contributed by atoms with Crippen LogP contribution in [0.25, 0.3) is 0 Å². The maximum Gasteiger partial charge on any atom is 0.229 e. The van der Waals surface area contributed by atoms with E-state index >= 15 is 0 Å². The minimum atomic E-state index is -0.197. The molecular formula is C15H19N3OS. The fourth-order valence-corrected chi connectivity index (χ4v) is 2.94. The first-order valence-electron chi connectivity index (χ1n) is 6.49. The van der Waals surface area contributed by atoms with E-state index in [1.807, 2.05) is 51.4 Å². The summed E-state index contributed by atoms with van der Waals surface area (Å²) in [6.07, 6.45) is 1.83. The zero-order valence-corrected chi connectivity index (χ0v) is 12.8. The molecule has 2 rings (SSSR count). The summed E-state index contributed by atoms with van der Waals surface area (Å²) >= 11 is 1.62. The lowest BCUT2D eigenvalue weighted by atomic mass is 9.99.